The quantitative estimate of drug-likeness (QED) is 0.825. The van der Waals surface area contributed by atoms with E-state index in [2.05, 4.69) is 0 Å². The van der Waals surface area contributed by atoms with E-state index in [4.69, 9.17) is 5.14 Å². The summed E-state index contributed by atoms with van der Waals surface area (Å²) >= 11 is 0. The molecule has 0 aromatic heterocycles. The molecule has 0 radical (unpaired) electrons. The van der Waals surface area contributed by atoms with E-state index in [0.717, 1.165) is 24.0 Å². The fourth-order valence-corrected chi connectivity index (χ4v) is 3.34. The molecule has 0 spiro atoms. The van der Waals surface area contributed by atoms with Crippen molar-refractivity contribution in [3.8, 4) is 0 Å². The lowest BCUT2D eigenvalue weighted by atomic mass is 10.1. The van der Waals surface area contributed by atoms with Gasteiger partial charge in [0.1, 0.15) is 0 Å². The maximum absolute atomic E-state index is 12.6. The summed E-state index contributed by atoms with van der Waals surface area (Å²) in [5, 5.41) is 5.09. The summed E-state index contributed by atoms with van der Waals surface area (Å²) < 4.78 is 22.5. The second kappa shape index (κ2) is 7.37. The number of hydrogen-bond acceptors (Lipinski definition) is 3. The number of nitrogens with zero attached hydrogens (tertiary/aromatic N) is 1. The number of aryl methyl sites for hydroxylation is 1. The summed E-state index contributed by atoms with van der Waals surface area (Å²) in [6, 6.07) is 16.8. The van der Waals surface area contributed by atoms with Crippen LogP contribution in [0.25, 0.3) is 0 Å². The number of carbonyl (C=O) groups excluding carboxylic acids is 1. The van der Waals surface area contributed by atoms with E-state index in [9.17, 15) is 13.2 Å². The first-order valence-corrected chi connectivity index (χ1v) is 9.93. The van der Waals surface area contributed by atoms with Gasteiger partial charge in [0.2, 0.25) is 15.9 Å². The minimum atomic E-state index is -3.68. The Morgan fingerprint density at radius 3 is 2.20 bits per heavy atom. The normalized spacial score (nSPS) is 14.3. The van der Waals surface area contributed by atoms with Crippen LogP contribution in [-0.2, 0) is 27.8 Å². The van der Waals surface area contributed by atoms with Crippen LogP contribution in [0.5, 0.6) is 0 Å². The lowest BCUT2D eigenvalue weighted by Gasteiger charge is -2.22. The smallest absolute Gasteiger partial charge is 0.238 e. The molecule has 0 unspecified atom stereocenters. The van der Waals surface area contributed by atoms with Gasteiger partial charge >= 0.3 is 0 Å². The standard InChI is InChI=1S/C19H22N2O3S/c20-25(23,24)18-11-6-15(7-12-18)8-13-19(22)21(17-9-10-17)14-16-4-2-1-3-5-16/h1-7,11-12,17H,8-10,13-14H2,(H2,20,23,24). The van der Waals surface area contributed by atoms with Crippen molar-refractivity contribution in [2.45, 2.75) is 43.2 Å². The molecule has 5 nitrogen and oxygen atoms in total. The van der Waals surface area contributed by atoms with Crippen molar-refractivity contribution in [1.82, 2.24) is 4.90 Å². The fraction of sp³-hybridized carbons (Fsp3) is 0.316. The summed E-state index contributed by atoms with van der Waals surface area (Å²) in [5.41, 5.74) is 2.07. The van der Waals surface area contributed by atoms with E-state index in [1.807, 2.05) is 35.2 Å². The lowest BCUT2D eigenvalue weighted by Crippen LogP contribution is -2.32. The molecule has 132 valence electrons. The summed E-state index contributed by atoms with van der Waals surface area (Å²) in [5.74, 6) is 0.141. The average molecular weight is 358 g/mol. The van der Waals surface area contributed by atoms with Crippen LogP contribution >= 0.6 is 0 Å². The third-order valence-corrected chi connectivity index (χ3v) is 5.31. The maximum Gasteiger partial charge on any atom is 0.238 e. The molecule has 6 heteroatoms. The molecule has 1 fully saturated rings. The number of amides is 1. The molecular weight excluding hydrogens is 336 g/mol. The number of hydrogen-bond donors (Lipinski definition) is 1. The molecule has 1 amide bonds. The Hall–Kier alpha value is -2.18. The second-order valence-corrected chi connectivity index (χ2v) is 7.99. The fourth-order valence-electron chi connectivity index (χ4n) is 2.83. The van der Waals surface area contributed by atoms with Crippen molar-refractivity contribution in [2.75, 3.05) is 0 Å². The number of primary sulfonamides is 1. The molecular formula is C19H22N2O3S. The van der Waals surface area contributed by atoms with Gasteiger partial charge in [0.25, 0.3) is 0 Å². The molecule has 0 bridgehead atoms. The second-order valence-electron chi connectivity index (χ2n) is 6.43. The van der Waals surface area contributed by atoms with Crippen LogP contribution in [0.2, 0.25) is 0 Å². The Morgan fingerprint density at radius 1 is 1.00 bits per heavy atom. The minimum absolute atomic E-state index is 0.0891. The Kier molecular flexibility index (Phi) is 5.20. The van der Waals surface area contributed by atoms with Gasteiger partial charge < -0.3 is 4.90 Å². The molecule has 0 atom stereocenters. The van der Waals surface area contributed by atoms with Crippen LogP contribution in [0, 0.1) is 0 Å². The van der Waals surface area contributed by atoms with Gasteiger partial charge in [-0.1, -0.05) is 42.5 Å². The van der Waals surface area contributed by atoms with Crippen LogP contribution in [0.3, 0.4) is 0 Å². The lowest BCUT2D eigenvalue weighted by molar-refractivity contribution is -0.132. The molecule has 0 heterocycles. The van der Waals surface area contributed by atoms with Gasteiger partial charge in [0.15, 0.2) is 0 Å². The first-order chi connectivity index (χ1) is 11.9. The number of nitrogens with two attached hydrogens (primary N) is 1. The molecule has 2 N–H and O–H groups in total. The van der Waals surface area contributed by atoms with E-state index in [1.54, 1.807) is 12.1 Å². The van der Waals surface area contributed by atoms with Crippen molar-refractivity contribution in [2.24, 2.45) is 5.14 Å². The highest BCUT2D eigenvalue weighted by Crippen LogP contribution is 2.29. The molecule has 1 saturated carbocycles. The molecule has 1 aliphatic carbocycles. The van der Waals surface area contributed by atoms with E-state index in [0.29, 0.717) is 25.4 Å². The highest BCUT2D eigenvalue weighted by Gasteiger charge is 2.32. The number of rotatable bonds is 7. The highest BCUT2D eigenvalue weighted by atomic mass is 32.2. The molecule has 25 heavy (non-hydrogen) atoms. The Labute approximate surface area is 148 Å². The van der Waals surface area contributed by atoms with Gasteiger partial charge in [-0.2, -0.15) is 0 Å². The highest BCUT2D eigenvalue weighted by molar-refractivity contribution is 7.89. The monoisotopic (exact) mass is 358 g/mol. The van der Waals surface area contributed by atoms with E-state index in [1.165, 1.54) is 12.1 Å². The summed E-state index contributed by atoms with van der Waals surface area (Å²) in [4.78, 5) is 14.7. The molecule has 0 saturated heterocycles. The van der Waals surface area contributed by atoms with Gasteiger partial charge in [0, 0.05) is 19.0 Å². The zero-order chi connectivity index (χ0) is 17.9. The van der Waals surface area contributed by atoms with Crippen molar-refractivity contribution in [1.29, 1.82) is 0 Å². The third kappa shape index (κ3) is 4.90. The largest absolute Gasteiger partial charge is 0.335 e. The SMILES string of the molecule is NS(=O)(=O)c1ccc(CCC(=O)N(Cc2ccccc2)C2CC2)cc1. The van der Waals surface area contributed by atoms with E-state index < -0.39 is 10.0 Å². The predicted molar refractivity (Wildman–Crippen MR) is 96.2 cm³/mol. The molecule has 0 aliphatic heterocycles. The minimum Gasteiger partial charge on any atom is -0.335 e. The topological polar surface area (TPSA) is 80.5 Å². The van der Waals surface area contributed by atoms with Gasteiger partial charge in [-0.05, 0) is 42.5 Å². The Morgan fingerprint density at radius 2 is 1.64 bits per heavy atom. The molecule has 2 aromatic carbocycles. The number of carbonyl (C=O) groups is 1. The predicted octanol–water partition coefficient (Wildman–Crippen LogP) is 2.46. The van der Waals surface area contributed by atoms with Crippen LogP contribution in [-0.4, -0.2) is 25.3 Å². The number of benzene rings is 2. The van der Waals surface area contributed by atoms with E-state index in [-0.39, 0.29) is 10.8 Å². The third-order valence-electron chi connectivity index (χ3n) is 4.38. The van der Waals surface area contributed by atoms with Crippen LogP contribution < -0.4 is 5.14 Å². The van der Waals surface area contributed by atoms with Crippen molar-refractivity contribution in [3.63, 3.8) is 0 Å². The maximum atomic E-state index is 12.6. The van der Waals surface area contributed by atoms with Crippen LogP contribution in [0.4, 0.5) is 0 Å². The summed E-state index contributed by atoms with van der Waals surface area (Å²) in [7, 11) is -3.68. The average Bonchev–Trinajstić information content (AvgIpc) is 3.43. The van der Waals surface area contributed by atoms with Crippen molar-refractivity contribution < 1.29 is 13.2 Å². The zero-order valence-corrected chi connectivity index (χ0v) is 14.8. The van der Waals surface area contributed by atoms with E-state index >= 15 is 0 Å². The van der Waals surface area contributed by atoms with Crippen LogP contribution in [0.15, 0.2) is 59.5 Å². The first-order valence-electron chi connectivity index (χ1n) is 8.38. The van der Waals surface area contributed by atoms with Gasteiger partial charge in [-0.3, -0.25) is 4.79 Å². The first kappa shape index (κ1) is 17.6. The summed E-state index contributed by atoms with van der Waals surface area (Å²) in [6.45, 7) is 0.648. The van der Waals surface area contributed by atoms with Gasteiger partial charge in [-0.15, -0.1) is 0 Å². The Bertz CT molecular complexity index is 829. The van der Waals surface area contributed by atoms with Gasteiger partial charge in [-0.25, -0.2) is 13.6 Å². The molecule has 3 rings (SSSR count). The Balaban J connectivity index is 1.60. The van der Waals surface area contributed by atoms with Crippen molar-refractivity contribution >= 4 is 15.9 Å². The zero-order valence-electron chi connectivity index (χ0n) is 14.0. The van der Waals surface area contributed by atoms with Gasteiger partial charge in [0.05, 0.1) is 4.90 Å². The van der Waals surface area contributed by atoms with Crippen molar-refractivity contribution in [3.05, 3.63) is 65.7 Å². The summed E-state index contributed by atoms with van der Waals surface area (Å²) in [6.07, 6.45) is 3.14. The molecule has 2 aromatic rings. The van der Waals surface area contributed by atoms with Crippen LogP contribution in [0.1, 0.15) is 30.4 Å². The number of sulfonamides is 1. The molecule has 1 aliphatic rings.